The molecule has 7 heteroatoms. The van der Waals surface area contributed by atoms with E-state index in [1.807, 2.05) is 6.92 Å². The van der Waals surface area contributed by atoms with Crippen LogP contribution in [0.4, 0.5) is 5.69 Å². The standard InChI is InChI=1S/C22H25ClN2O4/c1-13-11-16(14(2)25(13)18-7-8-18)5-10-21(26)29-15(3)22(27)24-19-12-17(23)6-9-20(19)28-4/h5-6,9-12,15,18H,7-8H2,1-4H3,(H,24,27)/b10-5+/t15-/m0/s1. The molecule has 0 radical (unpaired) electrons. The molecule has 1 aliphatic carbocycles. The quantitative estimate of drug-likeness (QED) is 0.525. The molecule has 0 spiro atoms. The number of esters is 1. The Morgan fingerprint density at radius 3 is 2.66 bits per heavy atom. The predicted octanol–water partition coefficient (Wildman–Crippen LogP) is 4.69. The Labute approximate surface area is 175 Å². The van der Waals surface area contributed by atoms with E-state index in [0.29, 0.717) is 22.5 Å². The van der Waals surface area contributed by atoms with E-state index in [-0.39, 0.29) is 0 Å². The molecule has 1 heterocycles. The Balaban J connectivity index is 1.60. The summed E-state index contributed by atoms with van der Waals surface area (Å²) in [4.78, 5) is 24.5. The van der Waals surface area contributed by atoms with Gasteiger partial charge in [0.25, 0.3) is 5.91 Å². The number of carbonyl (C=O) groups is 2. The Bertz CT molecular complexity index is 960. The number of hydrogen-bond acceptors (Lipinski definition) is 4. The number of carbonyl (C=O) groups excluding carboxylic acids is 2. The summed E-state index contributed by atoms with van der Waals surface area (Å²) in [5.41, 5.74) is 3.71. The van der Waals surface area contributed by atoms with Gasteiger partial charge in [0, 0.05) is 28.5 Å². The maximum Gasteiger partial charge on any atom is 0.331 e. The van der Waals surface area contributed by atoms with Crippen LogP contribution in [-0.2, 0) is 14.3 Å². The van der Waals surface area contributed by atoms with Crippen LogP contribution >= 0.6 is 11.6 Å². The van der Waals surface area contributed by atoms with E-state index in [2.05, 4.69) is 22.9 Å². The first-order chi connectivity index (χ1) is 13.8. The average molecular weight is 417 g/mol. The van der Waals surface area contributed by atoms with Crippen LogP contribution in [-0.4, -0.2) is 29.7 Å². The third kappa shape index (κ3) is 5.01. The fourth-order valence-corrected chi connectivity index (χ4v) is 3.48. The fourth-order valence-electron chi connectivity index (χ4n) is 3.30. The van der Waals surface area contributed by atoms with Crippen LogP contribution in [0.5, 0.6) is 5.75 Å². The van der Waals surface area contributed by atoms with E-state index in [1.165, 1.54) is 38.6 Å². The smallest absolute Gasteiger partial charge is 0.331 e. The van der Waals surface area contributed by atoms with Crippen LogP contribution in [0.25, 0.3) is 6.08 Å². The summed E-state index contributed by atoms with van der Waals surface area (Å²) in [5, 5.41) is 3.12. The lowest BCUT2D eigenvalue weighted by molar-refractivity contribution is -0.148. The Morgan fingerprint density at radius 1 is 1.28 bits per heavy atom. The zero-order chi connectivity index (χ0) is 21.1. The van der Waals surface area contributed by atoms with Gasteiger partial charge in [-0.2, -0.15) is 0 Å². The number of methoxy groups -OCH3 is 1. The molecule has 1 atom stereocenters. The third-order valence-electron chi connectivity index (χ3n) is 4.92. The van der Waals surface area contributed by atoms with Gasteiger partial charge in [0.05, 0.1) is 12.8 Å². The van der Waals surface area contributed by atoms with Crippen LogP contribution < -0.4 is 10.1 Å². The van der Waals surface area contributed by atoms with Crippen LogP contribution in [0, 0.1) is 13.8 Å². The molecule has 0 unspecified atom stereocenters. The highest BCUT2D eigenvalue weighted by Crippen LogP contribution is 2.38. The van der Waals surface area contributed by atoms with E-state index in [1.54, 1.807) is 24.3 Å². The first kappa shape index (κ1) is 21.0. The van der Waals surface area contributed by atoms with E-state index in [0.717, 1.165) is 11.3 Å². The Morgan fingerprint density at radius 2 is 2.00 bits per heavy atom. The number of aromatic nitrogens is 1. The highest BCUT2D eigenvalue weighted by Gasteiger charge is 2.26. The number of amides is 1. The summed E-state index contributed by atoms with van der Waals surface area (Å²) >= 11 is 5.97. The number of aryl methyl sites for hydroxylation is 1. The van der Waals surface area contributed by atoms with Crippen LogP contribution in [0.1, 0.15) is 42.8 Å². The van der Waals surface area contributed by atoms with Crippen molar-refractivity contribution in [1.82, 2.24) is 4.57 Å². The molecule has 154 valence electrons. The van der Waals surface area contributed by atoms with Crippen molar-refractivity contribution in [3.05, 3.63) is 52.3 Å². The van der Waals surface area contributed by atoms with Crippen molar-refractivity contribution in [2.24, 2.45) is 0 Å². The molecule has 0 saturated heterocycles. The molecule has 1 amide bonds. The maximum absolute atomic E-state index is 12.4. The van der Waals surface area contributed by atoms with Crippen molar-refractivity contribution in [3.8, 4) is 5.75 Å². The van der Waals surface area contributed by atoms with Gasteiger partial charge in [-0.15, -0.1) is 0 Å². The molecular formula is C22H25ClN2O4. The second-order valence-electron chi connectivity index (χ2n) is 7.17. The zero-order valence-electron chi connectivity index (χ0n) is 17.0. The van der Waals surface area contributed by atoms with E-state index in [4.69, 9.17) is 21.1 Å². The lowest BCUT2D eigenvalue weighted by Gasteiger charge is -2.14. The molecule has 3 rings (SSSR count). The highest BCUT2D eigenvalue weighted by atomic mass is 35.5. The van der Waals surface area contributed by atoms with Crippen molar-refractivity contribution >= 4 is 35.2 Å². The van der Waals surface area contributed by atoms with Gasteiger partial charge in [-0.1, -0.05) is 11.6 Å². The third-order valence-corrected chi connectivity index (χ3v) is 5.15. The first-order valence-corrected chi connectivity index (χ1v) is 9.89. The second kappa shape index (κ2) is 8.74. The molecule has 29 heavy (non-hydrogen) atoms. The van der Waals surface area contributed by atoms with Gasteiger partial charge >= 0.3 is 5.97 Å². The van der Waals surface area contributed by atoms with Gasteiger partial charge in [-0.3, -0.25) is 4.79 Å². The van der Waals surface area contributed by atoms with Crippen LogP contribution in [0.15, 0.2) is 30.3 Å². The fraction of sp³-hybridized carbons (Fsp3) is 0.364. The summed E-state index contributed by atoms with van der Waals surface area (Å²) in [6.07, 6.45) is 4.50. The second-order valence-corrected chi connectivity index (χ2v) is 7.61. The largest absolute Gasteiger partial charge is 0.495 e. The summed E-state index contributed by atoms with van der Waals surface area (Å²) in [7, 11) is 1.49. The van der Waals surface area contributed by atoms with Gasteiger partial charge in [-0.25, -0.2) is 4.79 Å². The molecule has 0 bridgehead atoms. The minimum absolute atomic E-state index is 0.413. The van der Waals surface area contributed by atoms with Crippen molar-refractivity contribution in [1.29, 1.82) is 0 Å². The van der Waals surface area contributed by atoms with Gasteiger partial charge in [-0.05, 0) is 69.5 Å². The predicted molar refractivity (Wildman–Crippen MR) is 113 cm³/mol. The Kier molecular flexibility index (Phi) is 6.33. The van der Waals surface area contributed by atoms with Gasteiger partial charge in [0.2, 0.25) is 0 Å². The molecular weight excluding hydrogens is 392 g/mol. The SMILES string of the molecule is COc1ccc(Cl)cc1NC(=O)[C@H](C)OC(=O)/C=C/c1cc(C)n(C2CC2)c1C. The minimum Gasteiger partial charge on any atom is -0.495 e. The van der Waals surface area contributed by atoms with E-state index >= 15 is 0 Å². The molecule has 1 fully saturated rings. The maximum atomic E-state index is 12.4. The number of benzene rings is 1. The molecule has 2 aromatic rings. The molecule has 1 saturated carbocycles. The normalized spacial score (nSPS) is 14.7. The number of halogens is 1. The highest BCUT2D eigenvalue weighted by molar-refractivity contribution is 6.31. The summed E-state index contributed by atoms with van der Waals surface area (Å²) in [6.45, 7) is 5.62. The summed E-state index contributed by atoms with van der Waals surface area (Å²) in [5.74, 6) is -0.589. The summed E-state index contributed by atoms with van der Waals surface area (Å²) in [6, 6.07) is 7.51. The zero-order valence-corrected chi connectivity index (χ0v) is 17.7. The van der Waals surface area contributed by atoms with Crippen molar-refractivity contribution < 1.29 is 19.1 Å². The average Bonchev–Trinajstić information content (AvgIpc) is 3.45. The molecule has 1 aromatic heterocycles. The van der Waals surface area contributed by atoms with Gasteiger partial charge in [0.1, 0.15) is 5.75 Å². The number of anilines is 1. The van der Waals surface area contributed by atoms with E-state index in [9.17, 15) is 9.59 Å². The molecule has 6 nitrogen and oxygen atoms in total. The number of hydrogen-bond donors (Lipinski definition) is 1. The number of nitrogens with zero attached hydrogens (tertiary/aromatic N) is 1. The molecule has 0 aliphatic heterocycles. The topological polar surface area (TPSA) is 69.6 Å². The van der Waals surface area contributed by atoms with Crippen molar-refractivity contribution in [2.75, 3.05) is 12.4 Å². The molecule has 1 aliphatic rings. The van der Waals surface area contributed by atoms with Gasteiger partial charge < -0.3 is 19.4 Å². The number of nitrogens with one attached hydrogen (secondary N) is 1. The summed E-state index contributed by atoms with van der Waals surface area (Å²) < 4.78 is 12.7. The van der Waals surface area contributed by atoms with Crippen LogP contribution in [0.3, 0.4) is 0 Å². The molecule has 1 aromatic carbocycles. The van der Waals surface area contributed by atoms with E-state index < -0.39 is 18.0 Å². The van der Waals surface area contributed by atoms with Crippen molar-refractivity contribution in [2.45, 2.75) is 45.8 Å². The number of ether oxygens (including phenoxy) is 2. The Hall–Kier alpha value is -2.73. The van der Waals surface area contributed by atoms with Crippen LogP contribution in [0.2, 0.25) is 5.02 Å². The molecule has 1 N–H and O–H groups in total. The lowest BCUT2D eigenvalue weighted by atomic mass is 10.2. The number of rotatable bonds is 7. The monoisotopic (exact) mass is 416 g/mol. The lowest BCUT2D eigenvalue weighted by Crippen LogP contribution is -2.29. The first-order valence-electron chi connectivity index (χ1n) is 9.51. The van der Waals surface area contributed by atoms with Gasteiger partial charge in [0.15, 0.2) is 6.10 Å². The minimum atomic E-state index is -0.977. The van der Waals surface area contributed by atoms with Crippen molar-refractivity contribution in [3.63, 3.8) is 0 Å².